The molecule has 2 atom stereocenters. The Labute approximate surface area is 128 Å². The van der Waals surface area contributed by atoms with Crippen LogP contribution in [0.1, 0.15) is 64.7 Å². The molecule has 1 fully saturated rings. The first kappa shape index (κ1) is 14.7. The Morgan fingerprint density at radius 3 is 2.75 bits per heavy atom. The Morgan fingerprint density at radius 1 is 1.20 bits per heavy atom. The van der Waals surface area contributed by atoms with Gasteiger partial charge in [0.2, 0.25) is 0 Å². The van der Waals surface area contributed by atoms with Crippen molar-refractivity contribution < 1.29 is 0 Å². The van der Waals surface area contributed by atoms with Gasteiger partial charge in [-0.25, -0.2) is 0 Å². The largest absolute Gasteiger partial charge is 0.313 e. The van der Waals surface area contributed by atoms with Crippen molar-refractivity contribution in [3.63, 3.8) is 0 Å². The predicted octanol–water partition coefficient (Wildman–Crippen LogP) is 5.25. The average Bonchev–Trinajstić information content (AvgIpc) is 2.99. The van der Waals surface area contributed by atoms with Crippen molar-refractivity contribution in [2.75, 3.05) is 6.54 Å². The maximum absolute atomic E-state index is 4.40. The highest BCUT2D eigenvalue weighted by Gasteiger charge is 2.37. The number of thioether (sulfide) groups is 1. The lowest BCUT2D eigenvalue weighted by Crippen LogP contribution is -2.38. The molecular weight excluding hydrogens is 262 g/mol. The maximum Gasteiger partial charge on any atom is 0.0270 e. The standard InChI is InChI=1S/C18H29NS/c1-3-19-16(12-14-8-5-4-6-9-14)18-13(2)20-17-11-7-10-15(17)18/h14,16,18-19H,2-12H2,1H3. The Hall–Kier alpha value is -0.210. The normalized spacial score (nSPS) is 29.1. The second-order valence-electron chi connectivity index (χ2n) is 6.75. The molecule has 0 aromatic rings. The van der Waals surface area contributed by atoms with E-state index in [1.165, 1.54) is 62.7 Å². The van der Waals surface area contributed by atoms with E-state index in [2.05, 4.69) is 18.8 Å². The maximum atomic E-state index is 4.40. The molecule has 0 radical (unpaired) electrons. The quantitative estimate of drug-likeness (QED) is 0.742. The van der Waals surface area contributed by atoms with E-state index >= 15 is 0 Å². The summed E-state index contributed by atoms with van der Waals surface area (Å²) in [6.07, 6.45) is 12.7. The molecule has 112 valence electrons. The summed E-state index contributed by atoms with van der Waals surface area (Å²) in [6, 6.07) is 0.647. The summed E-state index contributed by atoms with van der Waals surface area (Å²) in [7, 11) is 0. The predicted molar refractivity (Wildman–Crippen MR) is 89.8 cm³/mol. The minimum Gasteiger partial charge on any atom is -0.313 e. The van der Waals surface area contributed by atoms with Crippen molar-refractivity contribution in [2.45, 2.75) is 70.8 Å². The molecule has 20 heavy (non-hydrogen) atoms. The molecule has 1 saturated carbocycles. The van der Waals surface area contributed by atoms with Crippen LogP contribution in [0.3, 0.4) is 0 Å². The van der Waals surface area contributed by atoms with Gasteiger partial charge in [-0.15, -0.1) is 0 Å². The van der Waals surface area contributed by atoms with Crippen molar-refractivity contribution in [1.82, 2.24) is 5.32 Å². The molecule has 0 saturated heterocycles. The Bertz CT molecular complexity index is 392. The molecule has 2 heteroatoms. The Morgan fingerprint density at radius 2 is 2.00 bits per heavy atom. The Balaban J connectivity index is 1.70. The fourth-order valence-electron chi connectivity index (χ4n) is 4.45. The summed E-state index contributed by atoms with van der Waals surface area (Å²) in [5, 5.41) is 3.81. The molecule has 3 aliphatic rings. The summed E-state index contributed by atoms with van der Waals surface area (Å²) in [5.41, 5.74) is 1.75. The van der Waals surface area contributed by atoms with E-state index in [-0.39, 0.29) is 0 Å². The molecule has 0 amide bonds. The van der Waals surface area contributed by atoms with Gasteiger partial charge in [-0.05, 0) is 48.0 Å². The second kappa shape index (κ2) is 6.70. The summed E-state index contributed by atoms with van der Waals surface area (Å²) in [6.45, 7) is 7.74. The molecule has 1 nitrogen and oxygen atoms in total. The zero-order chi connectivity index (χ0) is 13.9. The third-order valence-corrected chi connectivity index (χ3v) is 6.59. The van der Waals surface area contributed by atoms with Crippen LogP contribution in [-0.4, -0.2) is 12.6 Å². The number of rotatable bonds is 5. The smallest absolute Gasteiger partial charge is 0.0270 e. The van der Waals surface area contributed by atoms with Gasteiger partial charge in [-0.3, -0.25) is 0 Å². The van der Waals surface area contributed by atoms with E-state index < -0.39 is 0 Å². The van der Waals surface area contributed by atoms with E-state index in [0.717, 1.165) is 12.5 Å². The van der Waals surface area contributed by atoms with Crippen LogP contribution in [0.25, 0.3) is 0 Å². The van der Waals surface area contributed by atoms with Gasteiger partial charge in [-0.1, -0.05) is 62.9 Å². The molecule has 3 rings (SSSR count). The van der Waals surface area contributed by atoms with Crippen LogP contribution < -0.4 is 5.32 Å². The highest BCUT2D eigenvalue weighted by Crippen LogP contribution is 2.53. The summed E-state index contributed by atoms with van der Waals surface area (Å²) in [5.74, 6) is 1.59. The van der Waals surface area contributed by atoms with Crippen molar-refractivity contribution in [3.05, 3.63) is 22.0 Å². The molecule has 0 aromatic heterocycles. The first-order valence-corrected chi connectivity index (χ1v) is 9.43. The van der Waals surface area contributed by atoms with Crippen LogP contribution in [0, 0.1) is 11.8 Å². The van der Waals surface area contributed by atoms with Crippen molar-refractivity contribution in [3.8, 4) is 0 Å². The second-order valence-corrected chi connectivity index (χ2v) is 7.97. The third kappa shape index (κ3) is 3.01. The molecule has 2 unspecified atom stereocenters. The minimum absolute atomic E-state index is 0.638. The molecule has 1 heterocycles. The lowest BCUT2D eigenvalue weighted by atomic mass is 9.79. The molecule has 1 N–H and O–H groups in total. The van der Waals surface area contributed by atoms with Gasteiger partial charge < -0.3 is 5.32 Å². The summed E-state index contributed by atoms with van der Waals surface area (Å²) >= 11 is 2.01. The number of hydrogen-bond acceptors (Lipinski definition) is 2. The highest BCUT2D eigenvalue weighted by atomic mass is 32.2. The van der Waals surface area contributed by atoms with Crippen LogP contribution in [0.4, 0.5) is 0 Å². The fourth-order valence-corrected chi connectivity index (χ4v) is 5.81. The highest BCUT2D eigenvalue weighted by molar-refractivity contribution is 8.07. The number of nitrogens with one attached hydrogen (secondary N) is 1. The van der Waals surface area contributed by atoms with Crippen LogP contribution in [0.2, 0.25) is 0 Å². The van der Waals surface area contributed by atoms with E-state index in [1.807, 2.05) is 11.8 Å². The van der Waals surface area contributed by atoms with Crippen molar-refractivity contribution in [1.29, 1.82) is 0 Å². The van der Waals surface area contributed by atoms with Gasteiger partial charge in [0.25, 0.3) is 0 Å². The van der Waals surface area contributed by atoms with Gasteiger partial charge in [0.05, 0.1) is 0 Å². The van der Waals surface area contributed by atoms with Crippen LogP contribution >= 0.6 is 11.8 Å². The third-order valence-electron chi connectivity index (χ3n) is 5.37. The molecular formula is C18H29NS. The van der Waals surface area contributed by atoms with Gasteiger partial charge in [0.1, 0.15) is 0 Å². The lowest BCUT2D eigenvalue weighted by Gasteiger charge is -2.32. The monoisotopic (exact) mass is 291 g/mol. The number of hydrogen-bond donors (Lipinski definition) is 1. The SMILES string of the molecule is C=C1SC2=C(CCC2)C1C(CC1CCCCC1)NCC. The summed E-state index contributed by atoms with van der Waals surface area (Å²) < 4.78 is 0. The first-order valence-electron chi connectivity index (χ1n) is 8.61. The van der Waals surface area contributed by atoms with E-state index in [0.29, 0.717) is 12.0 Å². The number of allylic oxidation sites excluding steroid dienone is 1. The summed E-state index contributed by atoms with van der Waals surface area (Å²) in [4.78, 5) is 3.10. The molecule has 2 aliphatic carbocycles. The molecule has 0 aromatic carbocycles. The lowest BCUT2D eigenvalue weighted by molar-refractivity contribution is 0.280. The topological polar surface area (TPSA) is 12.0 Å². The first-order chi connectivity index (χ1) is 9.79. The molecule has 0 spiro atoms. The van der Waals surface area contributed by atoms with Crippen LogP contribution in [0.15, 0.2) is 22.0 Å². The Kier molecular flexibility index (Phi) is 4.93. The zero-order valence-electron chi connectivity index (χ0n) is 12.9. The van der Waals surface area contributed by atoms with Crippen LogP contribution in [0.5, 0.6) is 0 Å². The van der Waals surface area contributed by atoms with Gasteiger partial charge in [0.15, 0.2) is 0 Å². The van der Waals surface area contributed by atoms with Gasteiger partial charge in [-0.2, -0.15) is 0 Å². The van der Waals surface area contributed by atoms with E-state index in [4.69, 9.17) is 0 Å². The van der Waals surface area contributed by atoms with Gasteiger partial charge in [0, 0.05) is 12.0 Å². The average molecular weight is 292 g/mol. The fraction of sp³-hybridized carbons (Fsp3) is 0.778. The van der Waals surface area contributed by atoms with E-state index in [9.17, 15) is 0 Å². The molecule has 1 aliphatic heterocycles. The van der Waals surface area contributed by atoms with Crippen molar-refractivity contribution in [2.24, 2.45) is 11.8 Å². The van der Waals surface area contributed by atoms with Crippen molar-refractivity contribution >= 4 is 11.8 Å². The zero-order valence-corrected chi connectivity index (χ0v) is 13.7. The minimum atomic E-state index is 0.638. The van der Waals surface area contributed by atoms with Gasteiger partial charge >= 0.3 is 0 Å². The van der Waals surface area contributed by atoms with E-state index in [1.54, 1.807) is 10.5 Å². The van der Waals surface area contributed by atoms with Crippen LogP contribution in [-0.2, 0) is 0 Å². The molecule has 0 bridgehead atoms.